The molecule has 1 amide bonds. The molecule has 3 rings (SSSR count). The molecule has 0 spiro atoms. The molecule has 0 saturated heterocycles. The predicted octanol–water partition coefficient (Wildman–Crippen LogP) is 3.52. The summed E-state index contributed by atoms with van der Waals surface area (Å²) < 4.78 is 26.0. The van der Waals surface area contributed by atoms with Crippen LogP contribution in [0.15, 0.2) is 42.5 Å². The number of carbonyl (C=O) groups excluding carboxylic acids is 1. The quantitative estimate of drug-likeness (QED) is 0.807. The fraction of sp³-hybridized carbons (Fsp3) is 0.409. The second-order valence-corrected chi connectivity index (χ2v) is 9.55. The summed E-state index contributed by atoms with van der Waals surface area (Å²) in [6, 6.07) is 12.5. The molecule has 2 atom stereocenters. The molecule has 0 aromatic heterocycles. The zero-order valence-corrected chi connectivity index (χ0v) is 17.7. The number of nitrogens with one attached hydrogen (secondary N) is 1. The Morgan fingerprint density at radius 2 is 1.79 bits per heavy atom. The molecule has 150 valence electrons. The maximum absolute atomic E-state index is 12.9. The topological polar surface area (TPSA) is 66.5 Å². The van der Waals surface area contributed by atoms with Gasteiger partial charge in [-0.05, 0) is 74.4 Å². The van der Waals surface area contributed by atoms with Gasteiger partial charge in [0.15, 0.2) is 0 Å². The van der Waals surface area contributed by atoms with Crippen LogP contribution >= 0.6 is 0 Å². The first-order valence-electron chi connectivity index (χ1n) is 9.65. The van der Waals surface area contributed by atoms with E-state index in [0.29, 0.717) is 5.69 Å². The van der Waals surface area contributed by atoms with Gasteiger partial charge in [0.1, 0.15) is 6.04 Å². The highest BCUT2D eigenvalue weighted by molar-refractivity contribution is 7.92. The van der Waals surface area contributed by atoms with Gasteiger partial charge in [-0.15, -0.1) is 0 Å². The first-order valence-corrected chi connectivity index (χ1v) is 11.5. The van der Waals surface area contributed by atoms with Crippen molar-refractivity contribution in [2.45, 2.75) is 52.1 Å². The molecule has 0 saturated carbocycles. The van der Waals surface area contributed by atoms with Gasteiger partial charge in [-0.25, -0.2) is 8.42 Å². The number of fused-ring (bicyclic) bond motifs is 1. The Balaban J connectivity index is 1.79. The SMILES string of the molecule is Cc1cccc(N([C@@H](C)C(=O)N[C@H](C)c2ccc3c(c2)CCC3)S(C)(=O)=O)c1. The molecule has 2 aromatic rings. The van der Waals surface area contributed by atoms with Crippen LogP contribution in [0.3, 0.4) is 0 Å². The Hall–Kier alpha value is -2.34. The number of aryl methyl sites for hydroxylation is 3. The molecule has 0 heterocycles. The highest BCUT2D eigenvalue weighted by Gasteiger charge is 2.30. The van der Waals surface area contributed by atoms with E-state index in [1.165, 1.54) is 21.9 Å². The van der Waals surface area contributed by atoms with E-state index in [0.717, 1.165) is 30.2 Å². The fourth-order valence-electron chi connectivity index (χ4n) is 3.85. The van der Waals surface area contributed by atoms with Crippen LogP contribution in [-0.4, -0.2) is 26.6 Å². The smallest absolute Gasteiger partial charge is 0.244 e. The van der Waals surface area contributed by atoms with Gasteiger partial charge in [0.2, 0.25) is 15.9 Å². The van der Waals surface area contributed by atoms with Crippen molar-refractivity contribution >= 4 is 21.6 Å². The monoisotopic (exact) mass is 400 g/mol. The van der Waals surface area contributed by atoms with E-state index in [1.807, 2.05) is 19.9 Å². The molecule has 0 aliphatic heterocycles. The molecule has 28 heavy (non-hydrogen) atoms. The van der Waals surface area contributed by atoms with Crippen molar-refractivity contribution in [2.24, 2.45) is 0 Å². The van der Waals surface area contributed by atoms with E-state index < -0.39 is 16.1 Å². The Morgan fingerprint density at radius 1 is 1.07 bits per heavy atom. The summed E-state index contributed by atoms with van der Waals surface area (Å²) in [6.07, 6.45) is 4.50. The Bertz CT molecular complexity index is 985. The Morgan fingerprint density at radius 3 is 2.46 bits per heavy atom. The van der Waals surface area contributed by atoms with Crippen LogP contribution in [0.4, 0.5) is 5.69 Å². The van der Waals surface area contributed by atoms with Gasteiger partial charge in [-0.2, -0.15) is 0 Å². The zero-order valence-electron chi connectivity index (χ0n) is 16.9. The number of nitrogens with zero attached hydrogens (tertiary/aromatic N) is 1. The summed E-state index contributed by atoms with van der Waals surface area (Å²) in [6.45, 7) is 5.44. The van der Waals surface area contributed by atoms with E-state index in [4.69, 9.17) is 0 Å². The molecule has 0 fully saturated rings. The number of sulfonamides is 1. The van der Waals surface area contributed by atoms with Gasteiger partial charge in [0.25, 0.3) is 0 Å². The van der Waals surface area contributed by atoms with Crippen LogP contribution in [0, 0.1) is 6.92 Å². The van der Waals surface area contributed by atoms with Crippen LogP contribution in [0.25, 0.3) is 0 Å². The second kappa shape index (κ2) is 7.95. The van der Waals surface area contributed by atoms with E-state index in [2.05, 4.69) is 23.5 Å². The lowest BCUT2D eigenvalue weighted by atomic mass is 10.0. The molecule has 5 nitrogen and oxygen atoms in total. The first-order chi connectivity index (χ1) is 13.2. The third-order valence-electron chi connectivity index (χ3n) is 5.33. The predicted molar refractivity (Wildman–Crippen MR) is 113 cm³/mol. The molecular formula is C22H28N2O3S. The summed E-state index contributed by atoms with van der Waals surface area (Å²) in [5.41, 5.74) is 5.21. The minimum absolute atomic E-state index is 0.195. The van der Waals surface area contributed by atoms with Crippen molar-refractivity contribution in [1.82, 2.24) is 5.32 Å². The number of hydrogen-bond donors (Lipinski definition) is 1. The number of carbonyl (C=O) groups is 1. The van der Waals surface area contributed by atoms with Crippen molar-refractivity contribution in [3.63, 3.8) is 0 Å². The lowest BCUT2D eigenvalue weighted by Gasteiger charge is -2.29. The number of rotatable bonds is 6. The van der Waals surface area contributed by atoms with Crippen molar-refractivity contribution in [1.29, 1.82) is 0 Å². The van der Waals surface area contributed by atoms with E-state index in [-0.39, 0.29) is 11.9 Å². The molecule has 6 heteroatoms. The van der Waals surface area contributed by atoms with E-state index in [1.54, 1.807) is 25.1 Å². The van der Waals surface area contributed by atoms with Gasteiger partial charge < -0.3 is 5.32 Å². The van der Waals surface area contributed by atoms with Crippen LogP contribution in [0.2, 0.25) is 0 Å². The Kier molecular flexibility index (Phi) is 5.79. The largest absolute Gasteiger partial charge is 0.348 e. The number of amides is 1. The van der Waals surface area contributed by atoms with Crippen molar-refractivity contribution < 1.29 is 13.2 Å². The molecule has 1 aliphatic rings. The Labute approximate surface area is 167 Å². The van der Waals surface area contributed by atoms with Gasteiger partial charge in [-0.1, -0.05) is 30.3 Å². The van der Waals surface area contributed by atoms with Gasteiger partial charge in [0.05, 0.1) is 18.0 Å². The molecule has 1 N–H and O–H groups in total. The van der Waals surface area contributed by atoms with Crippen LogP contribution in [0.1, 0.15) is 48.6 Å². The summed E-state index contributed by atoms with van der Waals surface area (Å²) in [7, 11) is -3.61. The third kappa shape index (κ3) is 4.38. The molecule has 2 aromatic carbocycles. The second-order valence-electron chi connectivity index (χ2n) is 7.69. The van der Waals surface area contributed by atoms with Crippen LogP contribution < -0.4 is 9.62 Å². The number of anilines is 1. The maximum atomic E-state index is 12.9. The summed E-state index contributed by atoms with van der Waals surface area (Å²) in [5.74, 6) is -0.320. The average molecular weight is 401 g/mol. The van der Waals surface area contributed by atoms with Crippen molar-refractivity contribution in [3.05, 3.63) is 64.7 Å². The fourth-order valence-corrected chi connectivity index (χ4v) is 5.02. The van der Waals surface area contributed by atoms with E-state index >= 15 is 0 Å². The highest BCUT2D eigenvalue weighted by atomic mass is 32.2. The molecular weight excluding hydrogens is 372 g/mol. The first kappa shape index (κ1) is 20.4. The van der Waals surface area contributed by atoms with Crippen molar-refractivity contribution in [2.75, 3.05) is 10.6 Å². The van der Waals surface area contributed by atoms with Gasteiger partial charge in [0, 0.05) is 0 Å². The van der Waals surface area contributed by atoms with Gasteiger partial charge >= 0.3 is 0 Å². The molecule has 0 unspecified atom stereocenters. The summed E-state index contributed by atoms with van der Waals surface area (Å²) in [5, 5.41) is 2.98. The van der Waals surface area contributed by atoms with E-state index in [9.17, 15) is 13.2 Å². The molecule has 0 bridgehead atoms. The normalized spacial score (nSPS) is 15.6. The highest BCUT2D eigenvalue weighted by Crippen LogP contribution is 2.26. The third-order valence-corrected chi connectivity index (χ3v) is 6.57. The average Bonchev–Trinajstić information content (AvgIpc) is 3.08. The van der Waals surface area contributed by atoms with Crippen molar-refractivity contribution in [3.8, 4) is 0 Å². The minimum atomic E-state index is -3.61. The maximum Gasteiger partial charge on any atom is 0.244 e. The van der Waals surface area contributed by atoms with Crippen LogP contribution in [-0.2, 0) is 27.7 Å². The molecule has 0 radical (unpaired) electrons. The minimum Gasteiger partial charge on any atom is -0.348 e. The van der Waals surface area contributed by atoms with Crippen LogP contribution in [0.5, 0.6) is 0 Å². The lowest BCUT2D eigenvalue weighted by Crippen LogP contribution is -2.48. The molecule has 1 aliphatic carbocycles. The zero-order chi connectivity index (χ0) is 20.5. The summed E-state index contributed by atoms with van der Waals surface area (Å²) in [4.78, 5) is 12.9. The standard InChI is InChI=1S/C22H28N2O3S/c1-15-7-5-10-21(13-15)24(28(4,26)27)17(3)22(25)23-16(2)19-12-11-18-8-6-9-20(18)14-19/h5,7,10-14,16-17H,6,8-9H2,1-4H3,(H,23,25)/t16-,17+/m1/s1. The number of hydrogen-bond acceptors (Lipinski definition) is 3. The lowest BCUT2D eigenvalue weighted by molar-refractivity contribution is -0.122. The number of benzene rings is 2. The summed E-state index contributed by atoms with van der Waals surface area (Å²) >= 11 is 0. The van der Waals surface area contributed by atoms with Gasteiger partial charge in [-0.3, -0.25) is 9.10 Å².